The molecule has 0 aliphatic carbocycles. The number of hydrazine groups is 1. The second kappa shape index (κ2) is 6.12. The van der Waals surface area contributed by atoms with Crippen LogP contribution in [0, 0.1) is 5.92 Å². The highest BCUT2D eigenvalue weighted by Gasteiger charge is 2.14. The predicted octanol–water partition coefficient (Wildman–Crippen LogP) is -0.0896. The predicted molar refractivity (Wildman–Crippen MR) is 60.2 cm³/mol. The highest BCUT2D eigenvalue weighted by Crippen LogP contribution is 2.02. The molecular formula is C8H20N4S. The van der Waals surface area contributed by atoms with Gasteiger partial charge in [0.15, 0.2) is 5.11 Å². The van der Waals surface area contributed by atoms with Gasteiger partial charge in [-0.05, 0) is 32.2 Å². The Balaban J connectivity index is 4.02. The summed E-state index contributed by atoms with van der Waals surface area (Å²) in [6.45, 7) is 5.25. The molecule has 0 saturated carbocycles. The van der Waals surface area contributed by atoms with Gasteiger partial charge in [0, 0.05) is 12.6 Å². The standard InChI is InChI=1S/C8H20N4S/c1-6(2)7(5-12(3)4)10-8(13)11-9/h6-7H,5,9H2,1-4H3,(H2,10,11,13). The van der Waals surface area contributed by atoms with Gasteiger partial charge in [-0.1, -0.05) is 13.8 Å². The zero-order valence-electron chi connectivity index (χ0n) is 8.79. The molecule has 0 spiro atoms. The molecule has 0 aromatic rings. The van der Waals surface area contributed by atoms with E-state index in [1.807, 2.05) is 14.1 Å². The van der Waals surface area contributed by atoms with Gasteiger partial charge in [-0.2, -0.15) is 0 Å². The summed E-state index contributed by atoms with van der Waals surface area (Å²) in [5, 5.41) is 3.65. The Labute approximate surface area is 85.8 Å². The summed E-state index contributed by atoms with van der Waals surface area (Å²) >= 11 is 4.94. The first kappa shape index (κ1) is 12.6. The third-order valence-electron chi connectivity index (χ3n) is 1.81. The van der Waals surface area contributed by atoms with E-state index in [4.69, 9.17) is 18.1 Å². The molecule has 1 atom stereocenters. The summed E-state index contributed by atoms with van der Waals surface area (Å²) in [7, 11) is 4.08. The van der Waals surface area contributed by atoms with Crippen molar-refractivity contribution in [3.8, 4) is 0 Å². The van der Waals surface area contributed by atoms with E-state index in [0.717, 1.165) is 6.54 Å². The summed E-state index contributed by atoms with van der Waals surface area (Å²) in [5.74, 6) is 5.71. The van der Waals surface area contributed by atoms with E-state index in [-0.39, 0.29) is 0 Å². The molecule has 1 unspecified atom stereocenters. The fourth-order valence-electron chi connectivity index (χ4n) is 1.03. The van der Waals surface area contributed by atoms with Crippen LogP contribution in [0.4, 0.5) is 0 Å². The Morgan fingerprint density at radius 2 is 2.00 bits per heavy atom. The Morgan fingerprint density at radius 1 is 1.46 bits per heavy atom. The third kappa shape index (κ3) is 5.79. The van der Waals surface area contributed by atoms with Gasteiger partial charge in [-0.3, -0.25) is 0 Å². The maximum Gasteiger partial charge on any atom is 0.180 e. The lowest BCUT2D eigenvalue weighted by Gasteiger charge is -2.26. The van der Waals surface area contributed by atoms with E-state index in [2.05, 4.69) is 29.5 Å². The van der Waals surface area contributed by atoms with Crippen molar-refractivity contribution >= 4 is 17.3 Å². The number of nitrogens with one attached hydrogen (secondary N) is 2. The van der Waals surface area contributed by atoms with E-state index in [1.165, 1.54) is 0 Å². The second-order valence-electron chi connectivity index (χ2n) is 3.73. The van der Waals surface area contributed by atoms with Crippen molar-refractivity contribution in [2.75, 3.05) is 20.6 Å². The summed E-state index contributed by atoms with van der Waals surface area (Å²) in [5.41, 5.74) is 2.43. The van der Waals surface area contributed by atoms with Crippen LogP contribution in [-0.4, -0.2) is 36.7 Å². The molecule has 0 heterocycles. The van der Waals surface area contributed by atoms with Gasteiger partial charge in [0.2, 0.25) is 0 Å². The fourth-order valence-corrected chi connectivity index (χ4v) is 1.18. The first-order valence-corrected chi connectivity index (χ1v) is 4.80. The van der Waals surface area contributed by atoms with E-state index >= 15 is 0 Å². The van der Waals surface area contributed by atoms with Crippen LogP contribution in [0.2, 0.25) is 0 Å². The lowest BCUT2D eigenvalue weighted by molar-refractivity contribution is 0.312. The zero-order valence-corrected chi connectivity index (χ0v) is 9.61. The molecule has 4 N–H and O–H groups in total. The molecule has 0 aromatic heterocycles. The molecule has 0 aromatic carbocycles. The number of likely N-dealkylation sites (N-methyl/N-ethyl adjacent to an activating group) is 1. The number of nitrogens with two attached hydrogens (primary N) is 1. The summed E-state index contributed by atoms with van der Waals surface area (Å²) in [6.07, 6.45) is 0. The van der Waals surface area contributed by atoms with E-state index in [0.29, 0.717) is 17.1 Å². The quantitative estimate of drug-likeness (QED) is 0.339. The van der Waals surface area contributed by atoms with Gasteiger partial charge in [0.1, 0.15) is 0 Å². The van der Waals surface area contributed by atoms with Gasteiger partial charge in [0.25, 0.3) is 0 Å². The normalized spacial score (nSPS) is 13.2. The van der Waals surface area contributed by atoms with Gasteiger partial charge in [-0.15, -0.1) is 0 Å². The molecule has 0 radical (unpaired) electrons. The van der Waals surface area contributed by atoms with Crippen molar-refractivity contribution in [1.82, 2.24) is 15.6 Å². The number of hydrogen-bond donors (Lipinski definition) is 3. The van der Waals surface area contributed by atoms with Gasteiger partial charge < -0.3 is 15.6 Å². The maximum absolute atomic E-state index is 5.18. The molecule has 4 nitrogen and oxygen atoms in total. The third-order valence-corrected chi connectivity index (χ3v) is 2.05. The van der Waals surface area contributed by atoms with Crippen LogP contribution in [0.1, 0.15) is 13.8 Å². The lowest BCUT2D eigenvalue weighted by atomic mass is 10.0. The summed E-state index contributed by atoms with van der Waals surface area (Å²) in [4.78, 5) is 2.12. The molecular weight excluding hydrogens is 184 g/mol. The minimum atomic E-state index is 0.332. The minimum absolute atomic E-state index is 0.332. The van der Waals surface area contributed by atoms with Crippen molar-refractivity contribution in [1.29, 1.82) is 0 Å². The maximum atomic E-state index is 5.18. The molecule has 5 heteroatoms. The zero-order chi connectivity index (χ0) is 10.4. The van der Waals surface area contributed by atoms with Gasteiger partial charge >= 0.3 is 0 Å². The first-order valence-electron chi connectivity index (χ1n) is 4.39. The smallest absolute Gasteiger partial charge is 0.180 e. The van der Waals surface area contributed by atoms with Crippen LogP contribution in [-0.2, 0) is 0 Å². The molecule has 0 fully saturated rings. The molecule has 0 aliphatic rings. The SMILES string of the molecule is CC(C)C(CN(C)C)NC(=S)NN. The molecule has 0 rings (SSSR count). The van der Waals surface area contributed by atoms with Gasteiger partial charge in [-0.25, -0.2) is 5.84 Å². The molecule has 0 amide bonds. The highest BCUT2D eigenvalue weighted by atomic mass is 32.1. The monoisotopic (exact) mass is 204 g/mol. The van der Waals surface area contributed by atoms with Crippen molar-refractivity contribution in [2.24, 2.45) is 11.8 Å². The Bertz CT molecular complexity index is 158. The summed E-state index contributed by atoms with van der Waals surface area (Å²) < 4.78 is 0. The van der Waals surface area contributed by atoms with E-state index in [1.54, 1.807) is 0 Å². The number of nitrogens with zero attached hydrogens (tertiary/aromatic N) is 1. The van der Waals surface area contributed by atoms with Crippen LogP contribution in [0.3, 0.4) is 0 Å². The topological polar surface area (TPSA) is 53.3 Å². The Hall–Kier alpha value is -0.390. The largest absolute Gasteiger partial charge is 0.357 e. The Kier molecular flexibility index (Phi) is 5.94. The van der Waals surface area contributed by atoms with Crippen molar-refractivity contribution < 1.29 is 0 Å². The van der Waals surface area contributed by atoms with Crippen molar-refractivity contribution in [3.63, 3.8) is 0 Å². The Morgan fingerprint density at radius 3 is 2.31 bits per heavy atom. The molecule has 0 saturated heterocycles. The molecule has 13 heavy (non-hydrogen) atoms. The molecule has 0 aliphatic heterocycles. The number of thiocarbonyl (C=S) groups is 1. The van der Waals surface area contributed by atoms with Crippen LogP contribution in [0.15, 0.2) is 0 Å². The molecule has 78 valence electrons. The summed E-state index contributed by atoms with van der Waals surface area (Å²) in [6, 6.07) is 0.332. The minimum Gasteiger partial charge on any atom is -0.357 e. The van der Waals surface area contributed by atoms with Crippen molar-refractivity contribution in [3.05, 3.63) is 0 Å². The van der Waals surface area contributed by atoms with Crippen LogP contribution in [0.25, 0.3) is 0 Å². The number of rotatable bonds is 4. The van der Waals surface area contributed by atoms with E-state index < -0.39 is 0 Å². The van der Waals surface area contributed by atoms with Gasteiger partial charge in [0.05, 0.1) is 0 Å². The number of hydrogen-bond acceptors (Lipinski definition) is 3. The second-order valence-corrected chi connectivity index (χ2v) is 4.14. The first-order chi connectivity index (χ1) is 5.97. The average Bonchev–Trinajstić information content (AvgIpc) is 2.02. The van der Waals surface area contributed by atoms with Crippen LogP contribution in [0.5, 0.6) is 0 Å². The van der Waals surface area contributed by atoms with Crippen LogP contribution >= 0.6 is 12.2 Å². The highest BCUT2D eigenvalue weighted by molar-refractivity contribution is 7.80. The van der Waals surface area contributed by atoms with Crippen molar-refractivity contribution in [2.45, 2.75) is 19.9 Å². The van der Waals surface area contributed by atoms with E-state index in [9.17, 15) is 0 Å². The fraction of sp³-hybridized carbons (Fsp3) is 0.875. The molecule has 0 bridgehead atoms. The average molecular weight is 204 g/mol. The van der Waals surface area contributed by atoms with Crippen LogP contribution < -0.4 is 16.6 Å². The lowest BCUT2D eigenvalue weighted by Crippen LogP contribution is -2.50.